The van der Waals surface area contributed by atoms with Gasteiger partial charge in [-0.25, -0.2) is 0 Å². The molecule has 0 radical (unpaired) electrons. The number of nitrogens with two attached hydrogens (primary N) is 1. The molecule has 2 fully saturated rings. The lowest BCUT2D eigenvalue weighted by Gasteiger charge is -2.19. The van der Waals surface area contributed by atoms with E-state index in [4.69, 9.17) is 10.5 Å². The Bertz CT molecular complexity index is 548. The Kier molecular flexibility index (Phi) is 3.65. The van der Waals surface area contributed by atoms with Crippen molar-refractivity contribution in [3.8, 4) is 0 Å². The highest BCUT2D eigenvalue weighted by Crippen LogP contribution is 2.48. The normalized spacial score (nSPS) is 26.9. The predicted molar refractivity (Wildman–Crippen MR) is 77.3 cm³/mol. The zero-order chi connectivity index (χ0) is 15.0. The van der Waals surface area contributed by atoms with Crippen molar-refractivity contribution in [2.75, 3.05) is 24.7 Å². The van der Waals surface area contributed by atoms with Crippen molar-refractivity contribution < 1.29 is 9.53 Å². The Labute approximate surface area is 123 Å². The number of aromatic nitrogens is 3. The molecule has 0 aliphatic heterocycles. The summed E-state index contributed by atoms with van der Waals surface area (Å²) < 4.78 is 5.39. The van der Waals surface area contributed by atoms with Crippen LogP contribution in [0.2, 0.25) is 0 Å². The van der Waals surface area contributed by atoms with Crippen LogP contribution in [0, 0.1) is 17.8 Å². The molecule has 7 nitrogen and oxygen atoms in total. The molecular formula is C14H21N5O2. The van der Waals surface area contributed by atoms with E-state index in [9.17, 15) is 4.79 Å². The summed E-state index contributed by atoms with van der Waals surface area (Å²) in [7, 11) is 3.64. The molecule has 7 heteroatoms. The van der Waals surface area contributed by atoms with Crippen LogP contribution in [-0.2, 0) is 16.1 Å². The quantitative estimate of drug-likeness (QED) is 0.827. The lowest BCUT2D eigenvalue weighted by Crippen LogP contribution is -2.24. The smallest absolute Gasteiger partial charge is 0.309 e. The van der Waals surface area contributed by atoms with Crippen molar-refractivity contribution in [2.45, 2.75) is 32.3 Å². The maximum atomic E-state index is 12.2. The zero-order valence-corrected chi connectivity index (χ0v) is 12.5. The largest absolute Gasteiger partial charge is 0.457 e. The maximum absolute atomic E-state index is 12.2. The highest BCUT2D eigenvalue weighted by Gasteiger charge is 2.43. The van der Waals surface area contributed by atoms with Gasteiger partial charge in [-0.15, -0.1) is 0 Å². The molecule has 3 unspecified atom stereocenters. The van der Waals surface area contributed by atoms with Crippen molar-refractivity contribution >= 4 is 17.9 Å². The van der Waals surface area contributed by atoms with Crippen molar-refractivity contribution in [1.29, 1.82) is 0 Å². The van der Waals surface area contributed by atoms with Crippen molar-refractivity contribution in [2.24, 2.45) is 17.8 Å². The van der Waals surface area contributed by atoms with E-state index in [1.807, 2.05) is 14.1 Å². The molecule has 3 rings (SSSR count). The second-order valence-electron chi connectivity index (χ2n) is 6.19. The van der Waals surface area contributed by atoms with Gasteiger partial charge in [-0.1, -0.05) is 6.42 Å². The SMILES string of the molecule is CN(C)c1nc(N)nc(COC(=O)C2CC3CCC2C3)n1. The highest BCUT2D eigenvalue weighted by atomic mass is 16.5. The molecule has 1 heterocycles. The summed E-state index contributed by atoms with van der Waals surface area (Å²) >= 11 is 0. The Balaban J connectivity index is 1.61. The van der Waals surface area contributed by atoms with E-state index < -0.39 is 0 Å². The van der Waals surface area contributed by atoms with Crippen molar-refractivity contribution in [1.82, 2.24) is 15.0 Å². The van der Waals surface area contributed by atoms with E-state index in [2.05, 4.69) is 15.0 Å². The van der Waals surface area contributed by atoms with E-state index in [0.29, 0.717) is 17.7 Å². The first-order chi connectivity index (χ1) is 10.0. The average molecular weight is 291 g/mol. The molecule has 114 valence electrons. The van der Waals surface area contributed by atoms with Crippen molar-refractivity contribution in [3.63, 3.8) is 0 Å². The molecule has 2 aliphatic rings. The number of ether oxygens (including phenoxy) is 1. The van der Waals surface area contributed by atoms with Crippen LogP contribution in [-0.4, -0.2) is 35.0 Å². The summed E-state index contributed by atoms with van der Waals surface area (Å²) in [5.74, 6) is 2.18. The Morgan fingerprint density at radius 2 is 2.10 bits per heavy atom. The first-order valence-corrected chi connectivity index (χ1v) is 7.37. The number of hydrogen-bond acceptors (Lipinski definition) is 7. The molecule has 0 aromatic carbocycles. The van der Waals surface area contributed by atoms with Crippen LogP contribution < -0.4 is 10.6 Å². The maximum Gasteiger partial charge on any atom is 0.309 e. The monoisotopic (exact) mass is 291 g/mol. The minimum Gasteiger partial charge on any atom is -0.457 e. The number of rotatable bonds is 4. The summed E-state index contributed by atoms with van der Waals surface area (Å²) in [5, 5.41) is 0. The van der Waals surface area contributed by atoms with Gasteiger partial charge in [0.15, 0.2) is 12.4 Å². The molecule has 3 atom stereocenters. The number of fused-ring (bicyclic) bond motifs is 2. The van der Waals surface area contributed by atoms with Gasteiger partial charge in [0.25, 0.3) is 0 Å². The summed E-state index contributed by atoms with van der Waals surface area (Å²) in [4.78, 5) is 26.2. The van der Waals surface area contributed by atoms with Gasteiger partial charge >= 0.3 is 5.97 Å². The molecule has 2 aliphatic carbocycles. The number of carbonyl (C=O) groups is 1. The number of esters is 1. The third kappa shape index (κ3) is 2.91. The fourth-order valence-corrected chi connectivity index (χ4v) is 3.47. The molecule has 0 amide bonds. The predicted octanol–water partition coefficient (Wildman–Crippen LogP) is 0.999. The van der Waals surface area contributed by atoms with Crippen LogP contribution in [0.15, 0.2) is 0 Å². The molecule has 2 saturated carbocycles. The lowest BCUT2D eigenvalue weighted by atomic mass is 9.89. The minimum absolute atomic E-state index is 0.0558. The van der Waals surface area contributed by atoms with Crippen LogP contribution in [0.3, 0.4) is 0 Å². The third-order valence-electron chi connectivity index (χ3n) is 4.47. The summed E-state index contributed by atoms with van der Waals surface area (Å²) in [6.45, 7) is 0.0558. The van der Waals surface area contributed by atoms with Gasteiger partial charge in [-0.2, -0.15) is 15.0 Å². The van der Waals surface area contributed by atoms with Gasteiger partial charge in [-0.05, 0) is 31.1 Å². The van der Waals surface area contributed by atoms with Crippen LogP contribution in [0.5, 0.6) is 0 Å². The summed E-state index contributed by atoms with van der Waals surface area (Å²) in [5.41, 5.74) is 5.65. The highest BCUT2D eigenvalue weighted by molar-refractivity contribution is 5.73. The van der Waals surface area contributed by atoms with E-state index in [-0.39, 0.29) is 24.4 Å². The van der Waals surface area contributed by atoms with Crippen LogP contribution in [0.25, 0.3) is 0 Å². The fraction of sp³-hybridized carbons (Fsp3) is 0.714. The lowest BCUT2D eigenvalue weighted by molar-refractivity contribution is -0.152. The Hall–Kier alpha value is -1.92. The minimum atomic E-state index is -0.118. The van der Waals surface area contributed by atoms with Gasteiger partial charge in [0, 0.05) is 14.1 Å². The first kappa shape index (κ1) is 14.0. The topological polar surface area (TPSA) is 94.2 Å². The van der Waals surface area contributed by atoms with Crippen LogP contribution in [0.4, 0.5) is 11.9 Å². The number of anilines is 2. The Morgan fingerprint density at radius 1 is 1.29 bits per heavy atom. The second kappa shape index (κ2) is 5.46. The van der Waals surface area contributed by atoms with E-state index in [1.54, 1.807) is 4.90 Å². The van der Waals surface area contributed by atoms with Crippen LogP contribution in [0.1, 0.15) is 31.5 Å². The van der Waals surface area contributed by atoms with Gasteiger partial charge in [0.2, 0.25) is 11.9 Å². The number of carbonyl (C=O) groups excluding carboxylic acids is 1. The molecule has 1 aromatic rings. The average Bonchev–Trinajstić information content (AvgIpc) is 3.06. The molecule has 0 spiro atoms. The van der Waals surface area contributed by atoms with E-state index in [1.165, 1.54) is 12.8 Å². The third-order valence-corrected chi connectivity index (χ3v) is 4.47. The molecule has 1 aromatic heterocycles. The van der Waals surface area contributed by atoms with Gasteiger partial charge in [-0.3, -0.25) is 4.79 Å². The molecule has 21 heavy (non-hydrogen) atoms. The second-order valence-corrected chi connectivity index (χ2v) is 6.19. The van der Waals surface area contributed by atoms with Crippen molar-refractivity contribution in [3.05, 3.63) is 5.82 Å². The van der Waals surface area contributed by atoms with Gasteiger partial charge < -0.3 is 15.4 Å². The van der Waals surface area contributed by atoms with Crippen LogP contribution >= 0.6 is 0 Å². The number of hydrogen-bond donors (Lipinski definition) is 1. The Morgan fingerprint density at radius 3 is 2.71 bits per heavy atom. The molecule has 2 bridgehead atoms. The molecule has 0 saturated heterocycles. The molecular weight excluding hydrogens is 270 g/mol. The van der Waals surface area contributed by atoms with E-state index >= 15 is 0 Å². The van der Waals surface area contributed by atoms with Gasteiger partial charge in [0.1, 0.15) is 0 Å². The van der Waals surface area contributed by atoms with Gasteiger partial charge in [0.05, 0.1) is 5.92 Å². The first-order valence-electron chi connectivity index (χ1n) is 7.37. The standard InChI is InChI=1S/C14H21N5O2/c1-19(2)14-17-11(16-13(15)18-14)7-21-12(20)10-6-8-3-4-9(10)5-8/h8-10H,3-7H2,1-2H3,(H2,15,16,17,18). The molecule has 2 N–H and O–H groups in total. The number of nitrogen functional groups attached to an aromatic ring is 1. The zero-order valence-electron chi connectivity index (χ0n) is 12.5. The summed E-state index contributed by atoms with van der Waals surface area (Å²) in [6.07, 6.45) is 4.59. The fourth-order valence-electron chi connectivity index (χ4n) is 3.47. The summed E-state index contributed by atoms with van der Waals surface area (Å²) in [6, 6.07) is 0. The van der Waals surface area contributed by atoms with E-state index in [0.717, 1.165) is 18.8 Å². The number of nitrogens with zero attached hydrogens (tertiary/aromatic N) is 4.